The predicted octanol–water partition coefficient (Wildman–Crippen LogP) is 8.98. The van der Waals surface area contributed by atoms with E-state index in [-0.39, 0.29) is 92.4 Å². The molecule has 0 saturated carbocycles. The second-order valence-electron chi connectivity index (χ2n) is 28.4. The summed E-state index contributed by atoms with van der Waals surface area (Å²) in [7, 11) is -16.3. The van der Waals surface area contributed by atoms with Crippen molar-refractivity contribution in [2.75, 3.05) is 88.7 Å². The molecule has 0 radical (unpaired) electrons. The number of aliphatic hydroxyl groups excluding tert-OH is 1. The monoisotopic (exact) mass is 1930 g/mol. The molecule has 8 aromatic heterocycles. The normalized spacial score (nSPS) is 11.5. The van der Waals surface area contributed by atoms with Gasteiger partial charge in [-0.25, -0.2) is 69.4 Å². The fourth-order valence-electron chi connectivity index (χ4n) is 7.72. The molecule has 0 bridgehead atoms. The van der Waals surface area contributed by atoms with E-state index in [1.165, 1.54) is 50.6 Å². The molecule has 2 atom stereocenters. The van der Waals surface area contributed by atoms with Crippen molar-refractivity contribution in [1.82, 2.24) is 78.1 Å². The second-order valence-corrected chi connectivity index (χ2v) is 35.6. The van der Waals surface area contributed by atoms with Crippen LogP contribution in [0.4, 0.5) is 32.9 Å². The Kier molecular flexibility index (Phi) is 63.6. The molecule has 0 amide bonds. The van der Waals surface area contributed by atoms with E-state index in [1.807, 2.05) is 13.6 Å². The number of imidazole rings is 4. The van der Waals surface area contributed by atoms with Gasteiger partial charge in [-0.2, -0.15) is 9.59 Å². The molecule has 0 aromatic carbocycles. The van der Waals surface area contributed by atoms with Crippen molar-refractivity contribution in [2.45, 2.75) is 212 Å². The number of aromatic nitrogens is 16. The highest BCUT2D eigenvalue weighted by Gasteiger charge is 2.33. The number of hydrogen-bond acceptors (Lipinski definition) is 44. The minimum atomic E-state index is -4.16. The summed E-state index contributed by atoms with van der Waals surface area (Å²) in [6.07, 6.45) is 5.43. The quantitative estimate of drug-likeness (QED) is 0.00591. The number of fused-ring (bicyclic) bond motifs is 4. The number of nitrogens with two attached hydrogens (primary N) is 4. The van der Waals surface area contributed by atoms with E-state index >= 15 is 0 Å². The van der Waals surface area contributed by atoms with Gasteiger partial charge in [0.1, 0.15) is 86.3 Å². The fraction of sp³-hybridized carbons (Fsp3) is 0.611. The third-order valence-corrected chi connectivity index (χ3v) is 17.4. The van der Waals surface area contributed by atoms with Gasteiger partial charge in [0.2, 0.25) is 27.2 Å². The standard InChI is InChI=1S/C20H32N5O8P.C19H30N5O10P.C9H14N5O4P.C8H12N5O4P.C5H10O2.C3H8O.CO2.2CH2O.5CH4/c1-19(2,3)17(26)30-11-32-34(28,33-12-31-18(27)20(4,5)6)13-29-8-7-25-10-24-14-15(21)22-9-23-16(14)25;1-12(2)33-18(25)28-9-31-35(27,32-10-29-19(26)34-13(3)4)11-30-14(5)6-24-8-23-15-16(20)21-7-22-17(15)24;1-6(18-5-19(15,16)17)2-14-4-13-7-8(10)11-3-12-9(7)14;9-7-6-8(11-3-10-7)13(4-12-6)1-2-17-5-18(14,15)16;1-5(2,3)4(6)7;1-3(2)4;2-1-3;2*1-2;;;;;/h9-10H,7-8,11-13H2,1-6H3,(H2,21,22,23);7-8,12-14H,6,9-11H2,1-5H3,(H2,20,21,22);3-4,6H,2,5H2,1H3,(H2,10,11,12)(H2,15,16,17);3-4H,1-2,5H2,(H2,9,10,11)(H2,14,15,16);1-3H3,(H,6,7);3-4H,1-2H3;;2*1H2;5*1H4/t;14-;6-;;;;;;;;;;;/m.11.........../s1. The first-order valence-corrected chi connectivity index (χ1v) is 43.1. The van der Waals surface area contributed by atoms with Crippen LogP contribution in [0.3, 0.4) is 0 Å². The van der Waals surface area contributed by atoms with Crippen molar-refractivity contribution in [1.29, 1.82) is 0 Å². The van der Waals surface area contributed by atoms with E-state index in [4.69, 9.17) is 137 Å². The Morgan fingerprint density at radius 1 is 0.419 bits per heavy atom. The summed E-state index contributed by atoms with van der Waals surface area (Å²) in [6, 6.07) is 0. The molecular weight excluding hydrogens is 1800 g/mol. The number of carboxylic acid groups (broad SMARTS) is 1. The third-order valence-electron chi connectivity index (χ3n) is 13.4. The lowest BCUT2D eigenvalue weighted by Gasteiger charge is -2.22. The third kappa shape index (κ3) is 53.3. The Labute approximate surface area is 747 Å². The first-order valence-electron chi connectivity index (χ1n) is 36.0. The Balaban J connectivity index is -0.000000372. The van der Waals surface area contributed by atoms with Gasteiger partial charge in [0.05, 0.1) is 92.3 Å². The van der Waals surface area contributed by atoms with Crippen molar-refractivity contribution in [3.8, 4) is 0 Å². The number of aliphatic hydroxyl groups is 1. The Hall–Kier alpha value is -10.5. The minimum absolute atomic E-state index is 0. The van der Waals surface area contributed by atoms with Gasteiger partial charge >= 0.3 is 66.8 Å². The van der Waals surface area contributed by atoms with Crippen LogP contribution in [0.15, 0.2) is 50.6 Å². The SMILES string of the molecule is C.C.C.C.C.C=O.C=O.CC(C)(C)C(=O)O.CC(C)(C)C(=O)OCOP(=O)(COCCn1cnc2c(N)ncnc21)OCOC(=O)C(C)(C)C.CC(C)O.CC(C)OC(=O)OCOP(=O)(CO[C@H](C)Cn1cnc2c(N)ncnc21)OCOC(=O)OC(C)C.C[C@H](Cn1cnc2c(N)ncnc21)OCP(=O)(O)O.Nc1ncnc2c1ncn2CCOCP(=O)(O)O.O=C=O. The maximum absolute atomic E-state index is 13.1. The number of esters is 2. The number of carbonyl (C=O) groups is 7. The summed E-state index contributed by atoms with van der Waals surface area (Å²) in [6.45, 7) is 31.1. The smallest absolute Gasteiger partial charge is 0.481 e. The average Bonchev–Trinajstić information content (AvgIpc) is 1.69. The molecule has 0 spiro atoms. The molecule has 736 valence electrons. The molecule has 14 N–H and O–H groups in total. The van der Waals surface area contributed by atoms with Gasteiger partial charge in [0.15, 0.2) is 45.9 Å². The maximum atomic E-state index is 13.1. The summed E-state index contributed by atoms with van der Waals surface area (Å²) >= 11 is 0. The molecule has 57 heteroatoms. The number of anilines is 4. The van der Waals surface area contributed by atoms with Crippen LogP contribution in [0.5, 0.6) is 0 Å². The van der Waals surface area contributed by atoms with E-state index in [0.717, 1.165) is 0 Å². The molecule has 0 unspecified atom stereocenters. The molecular formula is C72H130N20O33P4. The average molecular weight is 1930 g/mol. The number of hydrogen-bond donors (Lipinski definition) is 10. The highest BCUT2D eigenvalue weighted by molar-refractivity contribution is 7.54. The molecule has 129 heavy (non-hydrogen) atoms. The van der Waals surface area contributed by atoms with E-state index in [9.17, 15) is 42.2 Å². The number of nitrogens with zero attached hydrogens (tertiary/aromatic N) is 16. The number of carboxylic acids is 1. The molecule has 0 saturated heterocycles. The summed E-state index contributed by atoms with van der Waals surface area (Å²) in [5.41, 5.74) is 24.7. The molecule has 53 nitrogen and oxygen atoms in total. The van der Waals surface area contributed by atoms with Gasteiger partial charge in [-0.3, -0.25) is 50.7 Å². The van der Waals surface area contributed by atoms with E-state index in [0.29, 0.717) is 64.3 Å². The van der Waals surface area contributed by atoms with Crippen LogP contribution in [0, 0.1) is 16.2 Å². The predicted molar refractivity (Wildman–Crippen MR) is 468 cm³/mol. The van der Waals surface area contributed by atoms with Crippen molar-refractivity contribution in [3.63, 3.8) is 0 Å². The lowest BCUT2D eigenvalue weighted by atomic mass is 9.98. The van der Waals surface area contributed by atoms with Crippen LogP contribution in [-0.4, -0.2) is 254 Å². The molecule has 8 heterocycles. The topological polar surface area (TPSA) is 751 Å². The Morgan fingerprint density at radius 3 is 0.930 bits per heavy atom. The van der Waals surface area contributed by atoms with Crippen LogP contribution in [0.1, 0.15) is 155 Å². The largest absolute Gasteiger partial charge is 0.510 e. The number of aliphatic carboxylic acids is 1. The lowest BCUT2D eigenvalue weighted by molar-refractivity contribution is -0.192. The minimum Gasteiger partial charge on any atom is -0.481 e. The van der Waals surface area contributed by atoms with Crippen LogP contribution in [0.25, 0.3) is 44.7 Å². The first-order chi connectivity index (χ1) is 57.6. The number of carbonyl (C=O) groups excluding carboxylic acids is 8. The van der Waals surface area contributed by atoms with E-state index < -0.39 is 154 Å². The summed E-state index contributed by atoms with van der Waals surface area (Å²) in [5, 5.41) is 16.3. The number of ether oxygens (including phenoxy) is 10. The Bertz CT molecular complexity index is 4740. The van der Waals surface area contributed by atoms with Gasteiger partial charge < -0.3 is 128 Å². The molecule has 0 aliphatic carbocycles. The van der Waals surface area contributed by atoms with Crippen LogP contribution in [0.2, 0.25) is 0 Å². The zero-order valence-corrected chi connectivity index (χ0v) is 74.9. The van der Waals surface area contributed by atoms with Gasteiger partial charge in [-0.15, -0.1) is 0 Å². The molecule has 8 rings (SSSR count). The van der Waals surface area contributed by atoms with E-state index in [1.54, 1.807) is 136 Å². The molecule has 0 fully saturated rings. The van der Waals surface area contributed by atoms with Crippen molar-refractivity contribution < 1.29 is 157 Å². The number of rotatable bonds is 34. The van der Waals surface area contributed by atoms with Gasteiger partial charge in [-0.1, -0.05) is 37.1 Å². The van der Waals surface area contributed by atoms with Gasteiger partial charge in [0, 0.05) is 19.2 Å². The fourth-order valence-corrected chi connectivity index (χ4v) is 10.6. The van der Waals surface area contributed by atoms with E-state index in [2.05, 4.69) is 59.8 Å². The zero-order chi connectivity index (χ0) is 95.2. The molecule has 0 aliphatic rings. The lowest BCUT2D eigenvalue weighted by Crippen LogP contribution is -2.25. The van der Waals surface area contributed by atoms with Crippen LogP contribution in [-0.2, 0) is 143 Å². The molecule has 8 aromatic rings. The van der Waals surface area contributed by atoms with Crippen LogP contribution < -0.4 is 22.9 Å². The van der Waals surface area contributed by atoms with Crippen LogP contribution >= 0.6 is 30.4 Å². The Morgan fingerprint density at radius 2 is 0.667 bits per heavy atom. The summed E-state index contributed by atoms with van der Waals surface area (Å²) < 4.78 is 125. The number of nitrogen functional groups attached to an aromatic ring is 4. The first kappa shape index (κ1) is 129. The molecule has 0 aliphatic heterocycles. The van der Waals surface area contributed by atoms with Crippen molar-refractivity contribution in [3.05, 3.63) is 50.6 Å². The van der Waals surface area contributed by atoms with Gasteiger partial charge in [0.25, 0.3) is 0 Å². The van der Waals surface area contributed by atoms with Gasteiger partial charge in [-0.05, 0) is 118 Å². The maximum Gasteiger partial charge on any atom is 0.510 e. The summed E-state index contributed by atoms with van der Waals surface area (Å²) in [4.78, 5) is 172. The van der Waals surface area contributed by atoms with Crippen molar-refractivity contribution >= 4 is 148 Å². The summed E-state index contributed by atoms with van der Waals surface area (Å²) in [5.74, 6) is -0.791. The highest BCUT2D eigenvalue weighted by Crippen LogP contribution is 2.49. The highest BCUT2D eigenvalue weighted by atomic mass is 31.2. The zero-order valence-electron chi connectivity index (χ0n) is 71.3. The van der Waals surface area contributed by atoms with Crippen molar-refractivity contribution in [2.24, 2.45) is 16.2 Å². The second kappa shape index (κ2) is 63.5.